The molecular formula is C21H15Cl2NO5. The van der Waals surface area contributed by atoms with Crippen molar-refractivity contribution in [1.82, 2.24) is 0 Å². The van der Waals surface area contributed by atoms with E-state index in [0.29, 0.717) is 32.4 Å². The summed E-state index contributed by atoms with van der Waals surface area (Å²) in [6.45, 7) is 3.44. The van der Waals surface area contributed by atoms with Crippen LogP contribution in [0.25, 0.3) is 11.6 Å². The van der Waals surface area contributed by atoms with Gasteiger partial charge in [0.15, 0.2) is 0 Å². The molecule has 0 fully saturated rings. The van der Waals surface area contributed by atoms with Crippen molar-refractivity contribution < 1.29 is 23.9 Å². The van der Waals surface area contributed by atoms with E-state index in [1.165, 1.54) is 13.2 Å². The molecule has 0 aliphatic carbocycles. The minimum absolute atomic E-state index is 0.246. The van der Waals surface area contributed by atoms with Crippen LogP contribution in [0.15, 0.2) is 30.3 Å². The Morgan fingerprint density at radius 3 is 2.59 bits per heavy atom. The van der Waals surface area contributed by atoms with Gasteiger partial charge in [-0.3, -0.25) is 4.79 Å². The fourth-order valence-electron chi connectivity index (χ4n) is 3.65. The van der Waals surface area contributed by atoms with E-state index in [1.807, 2.05) is 0 Å². The number of amides is 2. The average Bonchev–Trinajstić information content (AvgIpc) is 2.91. The van der Waals surface area contributed by atoms with Crippen LogP contribution in [0.2, 0.25) is 10.0 Å². The third kappa shape index (κ3) is 2.99. The van der Waals surface area contributed by atoms with Crippen molar-refractivity contribution in [2.75, 3.05) is 12.0 Å². The summed E-state index contributed by atoms with van der Waals surface area (Å²) in [5.41, 5.74) is 1.58. The summed E-state index contributed by atoms with van der Waals surface area (Å²) < 4.78 is 10.2. The summed E-state index contributed by atoms with van der Waals surface area (Å²) in [7, 11) is 1.27. The van der Waals surface area contributed by atoms with Gasteiger partial charge >= 0.3 is 12.1 Å². The molecule has 0 saturated carbocycles. The first-order chi connectivity index (χ1) is 13.6. The number of anilines is 1. The Hall–Kier alpha value is -2.83. The number of esters is 1. The third-order valence-electron chi connectivity index (χ3n) is 4.85. The number of benzene rings is 2. The first-order valence-corrected chi connectivity index (χ1v) is 9.41. The second kappa shape index (κ2) is 6.61. The maximum absolute atomic E-state index is 13.1. The zero-order valence-electron chi connectivity index (χ0n) is 15.7. The lowest BCUT2D eigenvalue weighted by Gasteiger charge is -2.36. The molecule has 0 atom stereocenters. The molecule has 0 unspecified atom stereocenters. The molecule has 0 aromatic heterocycles. The Labute approximate surface area is 176 Å². The largest absolute Gasteiger partial charge is 0.465 e. The van der Waals surface area contributed by atoms with Gasteiger partial charge in [-0.25, -0.2) is 14.5 Å². The van der Waals surface area contributed by atoms with Gasteiger partial charge in [0.1, 0.15) is 5.60 Å². The molecule has 0 spiro atoms. The van der Waals surface area contributed by atoms with Gasteiger partial charge in [-0.05, 0) is 49.8 Å². The van der Waals surface area contributed by atoms with Gasteiger partial charge in [0.25, 0.3) is 5.91 Å². The summed E-state index contributed by atoms with van der Waals surface area (Å²) in [5, 5.41) is 0.708. The Bertz CT molecular complexity index is 1140. The average molecular weight is 432 g/mol. The van der Waals surface area contributed by atoms with Crippen LogP contribution >= 0.6 is 23.2 Å². The van der Waals surface area contributed by atoms with Gasteiger partial charge in [0.2, 0.25) is 0 Å². The number of carbonyl (C=O) groups excluding carboxylic acids is 3. The van der Waals surface area contributed by atoms with Gasteiger partial charge in [0.05, 0.1) is 23.9 Å². The quantitative estimate of drug-likeness (QED) is 0.491. The number of methoxy groups -OCH3 is 1. The van der Waals surface area contributed by atoms with Gasteiger partial charge in [0, 0.05) is 21.2 Å². The van der Waals surface area contributed by atoms with Crippen LogP contribution in [0.4, 0.5) is 10.5 Å². The van der Waals surface area contributed by atoms with Crippen molar-refractivity contribution in [2.24, 2.45) is 0 Å². The molecule has 4 rings (SSSR count). The zero-order valence-corrected chi connectivity index (χ0v) is 17.2. The van der Waals surface area contributed by atoms with Crippen molar-refractivity contribution in [3.63, 3.8) is 0 Å². The Kier molecular flexibility index (Phi) is 4.44. The van der Waals surface area contributed by atoms with E-state index in [4.69, 9.17) is 32.7 Å². The summed E-state index contributed by atoms with van der Waals surface area (Å²) in [5.74, 6) is -1.09. The molecule has 2 heterocycles. The van der Waals surface area contributed by atoms with E-state index in [9.17, 15) is 14.4 Å². The Morgan fingerprint density at radius 2 is 1.90 bits per heavy atom. The number of hydrogen-bond donors (Lipinski definition) is 0. The number of hydrogen-bond acceptors (Lipinski definition) is 5. The van der Waals surface area contributed by atoms with Gasteiger partial charge in [-0.2, -0.15) is 0 Å². The monoisotopic (exact) mass is 431 g/mol. The second-order valence-electron chi connectivity index (χ2n) is 7.16. The van der Waals surface area contributed by atoms with E-state index >= 15 is 0 Å². The first-order valence-electron chi connectivity index (χ1n) is 8.65. The van der Waals surface area contributed by atoms with Crippen LogP contribution in [0.3, 0.4) is 0 Å². The van der Waals surface area contributed by atoms with Crippen LogP contribution in [-0.4, -0.2) is 25.1 Å². The second-order valence-corrected chi connectivity index (χ2v) is 8.00. The fourth-order valence-corrected chi connectivity index (χ4v) is 4.28. The predicted octanol–water partition coefficient (Wildman–Crippen LogP) is 5.05. The Balaban J connectivity index is 1.93. The van der Waals surface area contributed by atoms with Crippen LogP contribution < -0.4 is 4.90 Å². The maximum atomic E-state index is 13.1. The number of cyclic esters (lactones) is 1. The normalized spacial score (nSPS) is 18.0. The highest BCUT2D eigenvalue weighted by Gasteiger charge is 2.49. The van der Waals surface area contributed by atoms with Crippen molar-refractivity contribution in [1.29, 1.82) is 0 Å². The molecule has 0 saturated heterocycles. The summed E-state index contributed by atoms with van der Waals surface area (Å²) in [6, 6.07) is 7.98. The molecule has 2 aromatic rings. The van der Waals surface area contributed by atoms with Gasteiger partial charge in [-0.15, -0.1) is 0 Å². The molecule has 2 aliphatic heterocycles. The fraction of sp³-hybridized carbons (Fsp3) is 0.190. The molecule has 2 aromatic carbocycles. The van der Waals surface area contributed by atoms with Crippen LogP contribution in [-0.2, 0) is 19.9 Å². The van der Waals surface area contributed by atoms with Crippen molar-refractivity contribution in [3.05, 3.63) is 62.6 Å². The molecule has 0 N–H and O–H groups in total. The minimum Gasteiger partial charge on any atom is -0.465 e. The summed E-state index contributed by atoms with van der Waals surface area (Å²) >= 11 is 12.5. The highest BCUT2D eigenvalue weighted by Crippen LogP contribution is 2.51. The lowest BCUT2D eigenvalue weighted by atomic mass is 9.91. The van der Waals surface area contributed by atoms with E-state index in [2.05, 4.69) is 0 Å². The van der Waals surface area contributed by atoms with Crippen LogP contribution in [0, 0.1) is 0 Å². The number of ether oxygens (including phenoxy) is 2. The van der Waals surface area contributed by atoms with Crippen molar-refractivity contribution in [2.45, 2.75) is 19.4 Å². The molecule has 8 heteroatoms. The lowest BCUT2D eigenvalue weighted by molar-refractivity contribution is -0.113. The summed E-state index contributed by atoms with van der Waals surface area (Å²) in [4.78, 5) is 38.4. The number of nitrogens with zero attached hydrogens (tertiary/aromatic N) is 1. The van der Waals surface area contributed by atoms with Crippen LogP contribution in [0.1, 0.15) is 40.9 Å². The highest BCUT2D eigenvalue weighted by molar-refractivity contribution is 6.43. The molecule has 0 radical (unpaired) electrons. The number of carbonyl (C=O) groups is 3. The first kappa shape index (κ1) is 19.5. The van der Waals surface area contributed by atoms with E-state index < -0.39 is 23.6 Å². The highest BCUT2D eigenvalue weighted by atomic mass is 35.5. The number of imide groups is 1. The van der Waals surface area contributed by atoms with Crippen LogP contribution in [0.5, 0.6) is 0 Å². The number of rotatable bonds is 2. The predicted molar refractivity (Wildman–Crippen MR) is 109 cm³/mol. The zero-order chi connectivity index (χ0) is 21.1. The smallest absolute Gasteiger partial charge is 0.422 e. The van der Waals surface area contributed by atoms with E-state index in [0.717, 1.165) is 4.90 Å². The minimum atomic E-state index is -0.986. The maximum Gasteiger partial charge on any atom is 0.422 e. The topological polar surface area (TPSA) is 72.9 Å². The molecule has 2 amide bonds. The molecule has 29 heavy (non-hydrogen) atoms. The standard InChI is InChI=1S/C21H15Cl2NO5/c1-21(2)16-15(23)5-4-13-14(18(25)24(17(13)16)20(27)29-21)8-10-6-11(19(26)28-3)9-12(22)7-10/h4-9H,1-3H3/b14-8+. The lowest BCUT2D eigenvalue weighted by Crippen LogP contribution is -2.44. The molecule has 148 valence electrons. The summed E-state index contributed by atoms with van der Waals surface area (Å²) in [6.07, 6.45) is 0.809. The molecule has 6 nitrogen and oxygen atoms in total. The van der Waals surface area contributed by atoms with E-state index in [-0.39, 0.29) is 11.1 Å². The SMILES string of the molecule is COC(=O)c1cc(Cl)cc(/C=C2/C(=O)N3C(=O)OC(C)(C)c4c(Cl)ccc2c43)c1. The van der Waals surface area contributed by atoms with Gasteiger partial charge < -0.3 is 9.47 Å². The van der Waals surface area contributed by atoms with Crippen molar-refractivity contribution >= 4 is 58.5 Å². The Morgan fingerprint density at radius 1 is 1.17 bits per heavy atom. The van der Waals surface area contributed by atoms with Gasteiger partial charge in [-0.1, -0.05) is 29.3 Å². The number of halogens is 2. The molecule has 2 aliphatic rings. The van der Waals surface area contributed by atoms with E-state index in [1.54, 1.807) is 44.2 Å². The third-order valence-corrected chi connectivity index (χ3v) is 5.39. The molecular weight excluding hydrogens is 417 g/mol. The van der Waals surface area contributed by atoms with Crippen molar-refractivity contribution in [3.8, 4) is 0 Å². The molecule has 0 bridgehead atoms.